The van der Waals surface area contributed by atoms with Crippen LogP contribution in [0.2, 0.25) is 0 Å². The molecule has 0 saturated carbocycles. The molecule has 1 saturated heterocycles. The third-order valence-corrected chi connectivity index (χ3v) is 5.90. The maximum Gasteiger partial charge on any atom is 0.341 e. The van der Waals surface area contributed by atoms with Gasteiger partial charge in [0.2, 0.25) is 5.91 Å². The number of nitro groups is 1. The molecule has 1 amide bonds. The lowest BCUT2D eigenvalue weighted by molar-refractivity contribution is -0.384. The van der Waals surface area contributed by atoms with Crippen LogP contribution in [0.5, 0.6) is 5.75 Å². The molecule has 0 bridgehead atoms. The van der Waals surface area contributed by atoms with E-state index in [-0.39, 0.29) is 23.8 Å². The van der Waals surface area contributed by atoms with Crippen molar-refractivity contribution in [2.24, 2.45) is 0 Å². The molecule has 0 aromatic heterocycles. The number of benzene rings is 2. The Hall–Kier alpha value is -3.46. The van der Waals surface area contributed by atoms with E-state index in [1.165, 1.54) is 12.1 Å². The predicted molar refractivity (Wildman–Crippen MR) is 126 cm³/mol. The standard InChI is InChI=1S/C25H30N2O7/c1-3-5-14-34-22-11-8-19(17-21(22)23(28)33-4-2)26-24(29)25(12-15-32-16-13-25)18-6-9-20(10-7-18)27(30)31/h6-11,17H,3-5,12-16H2,1-2H3,(H,26,29). The van der Waals surface area contributed by atoms with Gasteiger partial charge in [-0.3, -0.25) is 14.9 Å². The minimum atomic E-state index is -0.909. The van der Waals surface area contributed by atoms with Gasteiger partial charge in [0, 0.05) is 31.0 Å². The van der Waals surface area contributed by atoms with Gasteiger partial charge in [-0.15, -0.1) is 0 Å². The number of hydrogen-bond donors (Lipinski definition) is 1. The van der Waals surface area contributed by atoms with Gasteiger partial charge in [-0.05, 0) is 49.9 Å². The zero-order valence-corrected chi connectivity index (χ0v) is 19.5. The van der Waals surface area contributed by atoms with Gasteiger partial charge in [-0.25, -0.2) is 4.79 Å². The SMILES string of the molecule is CCCCOc1ccc(NC(=O)C2(c3ccc([N+](=O)[O-])cc3)CCOCC2)cc1C(=O)OCC. The van der Waals surface area contributed by atoms with E-state index in [4.69, 9.17) is 14.2 Å². The van der Waals surface area contributed by atoms with Crippen LogP contribution in [0.1, 0.15) is 55.5 Å². The Morgan fingerprint density at radius 3 is 2.44 bits per heavy atom. The molecule has 0 spiro atoms. The van der Waals surface area contributed by atoms with Crippen molar-refractivity contribution in [3.63, 3.8) is 0 Å². The molecule has 1 N–H and O–H groups in total. The van der Waals surface area contributed by atoms with Crippen LogP contribution >= 0.6 is 0 Å². The molecule has 0 unspecified atom stereocenters. The van der Waals surface area contributed by atoms with Crippen LogP contribution in [0.3, 0.4) is 0 Å². The monoisotopic (exact) mass is 470 g/mol. The van der Waals surface area contributed by atoms with Crippen molar-refractivity contribution >= 4 is 23.3 Å². The normalized spacial score (nSPS) is 14.8. The lowest BCUT2D eigenvalue weighted by atomic mass is 9.73. The molecule has 0 radical (unpaired) electrons. The summed E-state index contributed by atoms with van der Waals surface area (Å²) in [5, 5.41) is 14.0. The highest BCUT2D eigenvalue weighted by Crippen LogP contribution is 2.37. The lowest BCUT2D eigenvalue weighted by Crippen LogP contribution is -2.44. The Labute approximate surface area is 198 Å². The first-order chi connectivity index (χ1) is 16.4. The average molecular weight is 471 g/mol. The summed E-state index contributed by atoms with van der Waals surface area (Å²) in [6.45, 7) is 5.24. The van der Waals surface area contributed by atoms with Gasteiger partial charge in [-0.2, -0.15) is 0 Å². The van der Waals surface area contributed by atoms with Gasteiger partial charge in [0.25, 0.3) is 5.69 Å². The van der Waals surface area contributed by atoms with Crippen LogP contribution in [0.15, 0.2) is 42.5 Å². The van der Waals surface area contributed by atoms with Crippen LogP contribution in [0.4, 0.5) is 11.4 Å². The molecule has 1 aliphatic rings. The smallest absolute Gasteiger partial charge is 0.341 e. The fourth-order valence-corrected chi connectivity index (χ4v) is 3.95. The van der Waals surface area contributed by atoms with Crippen LogP contribution in [0, 0.1) is 10.1 Å². The molecule has 2 aromatic carbocycles. The minimum Gasteiger partial charge on any atom is -0.493 e. The molecular weight excluding hydrogens is 440 g/mol. The second kappa shape index (κ2) is 11.6. The van der Waals surface area contributed by atoms with E-state index in [2.05, 4.69) is 5.32 Å². The number of amides is 1. The minimum absolute atomic E-state index is 0.0379. The van der Waals surface area contributed by atoms with Crippen molar-refractivity contribution in [1.82, 2.24) is 0 Å². The lowest BCUT2D eigenvalue weighted by Gasteiger charge is -2.36. The number of nitrogens with zero attached hydrogens (tertiary/aromatic N) is 1. The zero-order valence-electron chi connectivity index (χ0n) is 19.5. The highest BCUT2D eigenvalue weighted by Gasteiger charge is 2.42. The summed E-state index contributed by atoms with van der Waals surface area (Å²) < 4.78 is 16.4. The van der Waals surface area contributed by atoms with Crippen molar-refractivity contribution in [2.45, 2.75) is 44.9 Å². The first-order valence-corrected chi connectivity index (χ1v) is 11.5. The van der Waals surface area contributed by atoms with Crippen LogP contribution in [-0.4, -0.2) is 43.2 Å². The van der Waals surface area contributed by atoms with Gasteiger partial charge in [0.05, 0.1) is 23.6 Å². The summed E-state index contributed by atoms with van der Waals surface area (Å²) in [7, 11) is 0. The Bertz CT molecular complexity index is 1010. The highest BCUT2D eigenvalue weighted by molar-refractivity contribution is 6.01. The van der Waals surface area contributed by atoms with Crippen molar-refractivity contribution < 1.29 is 28.7 Å². The Morgan fingerprint density at radius 2 is 1.82 bits per heavy atom. The van der Waals surface area contributed by atoms with Gasteiger partial charge in [-0.1, -0.05) is 25.5 Å². The van der Waals surface area contributed by atoms with Crippen molar-refractivity contribution in [3.8, 4) is 5.75 Å². The number of nitro benzene ring substituents is 1. The van der Waals surface area contributed by atoms with Gasteiger partial charge in [0.15, 0.2) is 0 Å². The predicted octanol–water partition coefficient (Wildman–Crippen LogP) is 4.64. The Kier molecular flexibility index (Phi) is 8.59. The number of anilines is 1. The summed E-state index contributed by atoms with van der Waals surface area (Å²) in [6.07, 6.45) is 2.66. The molecule has 0 atom stereocenters. The third-order valence-electron chi connectivity index (χ3n) is 5.90. The quantitative estimate of drug-likeness (QED) is 0.233. The zero-order chi connectivity index (χ0) is 24.6. The van der Waals surface area contributed by atoms with Crippen LogP contribution in [-0.2, 0) is 19.7 Å². The molecule has 0 aliphatic carbocycles. The van der Waals surface area contributed by atoms with E-state index in [1.54, 1.807) is 37.3 Å². The number of nitrogens with one attached hydrogen (secondary N) is 1. The van der Waals surface area contributed by atoms with Gasteiger partial charge in [0.1, 0.15) is 11.3 Å². The first kappa shape index (κ1) is 25.2. The van der Waals surface area contributed by atoms with E-state index < -0.39 is 16.3 Å². The van der Waals surface area contributed by atoms with Crippen molar-refractivity contribution in [2.75, 3.05) is 31.7 Å². The summed E-state index contributed by atoms with van der Waals surface area (Å²) in [5.41, 5.74) is 0.414. The molecule has 1 heterocycles. The fraction of sp³-hybridized carbons (Fsp3) is 0.440. The highest BCUT2D eigenvalue weighted by atomic mass is 16.6. The van der Waals surface area contributed by atoms with E-state index in [0.717, 1.165) is 12.8 Å². The average Bonchev–Trinajstić information content (AvgIpc) is 2.85. The summed E-state index contributed by atoms with van der Waals surface area (Å²) in [5.74, 6) is -0.388. The number of rotatable bonds is 10. The largest absolute Gasteiger partial charge is 0.493 e. The number of carbonyl (C=O) groups excluding carboxylic acids is 2. The maximum absolute atomic E-state index is 13.6. The van der Waals surface area contributed by atoms with Gasteiger partial charge >= 0.3 is 5.97 Å². The van der Waals surface area contributed by atoms with Gasteiger partial charge < -0.3 is 19.5 Å². The van der Waals surface area contributed by atoms with Crippen molar-refractivity contribution in [1.29, 1.82) is 0 Å². The first-order valence-electron chi connectivity index (χ1n) is 11.5. The number of carbonyl (C=O) groups is 2. The number of esters is 1. The molecular formula is C25H30N2O7. The second-order valence-electron chi connectivity index (χ2n) is 8.09. The molecule has 1 aliphatic heterocycles. The Balaban J connectivity index is 1.89. The third kappa shape index (κ3) is 5.72. The van der Waals surface area contributed by atoms with Crippen molar-refractivity contribution in [3.05, 3.63) is 63.7 Å². The van der Waals surface area contributed by atoms with E-state index in [0.29, 0.717) is 49.7 Å². The number of non-ortho nitro benzene ring substituents is 1. The summed E-state index contributed by atoms with van der Waals surface area (Å²) >= 11 is 0. The van der Waals surface area contributed by atoms with E-state index in [1.807, 2.05) is 6.92 Å². The molecule has 1 fully saturated rings. The molecule has 34 heavy (non-hydrogen) atoms. The molecule has 9 heteroatoms. The fourth-order valence-electron chi connectivity index (χ4n) is 3.95. The molecule has 182 valence electrons. The second-order valence-corrected chi connectivity index (χ2v) is 8.09. The number of ether oxygens (including phenoxy) is 3. The van der Waals surface area contributed by atoms with E-state index >= 15 is 0 Å². The Morgan fingerprint density at radius 1 is 1.12 bits per heavy atom. The topological polar surface area (TPSA) is 117 Å². The van der Waals surface area contributed by atoms with E-state index in [9.17, 15) is 19.7 Å². The van der Waals surface area contributed by atoms with Crippen LogP contribution in [0.25, 0.3) is 0 Å². The number of unbranched alkanes of at least 4 members (excludes halogenated alkanes) is 1. The summed E-state index contributed by atoms with van der Waals surface area (Å²) in [6, 6.07) is 10.9. The summed E-state index contributed by atoms with van der Waals surface area (Å²) in [4.78, 5) is 36.7. The maximum atomic E-state index is 13.6. The molecule has 2 aromatic rings. The molecule has 9 nitrogen and oxygen atoms in total. The van der Waals surface area contributed by atoms with Crippen LogP contribution < -0.4 is 10.1 Å². The molecule has 3 rings (SSSR count). The number of hydrogen-bond acceptors (Lipinski definition) is 7.